The molecular formula is C22H26N4O3. The predicted molar refractivity (Wildman–Crippen MR) is 113 cm³/mol. The van der Waals surface area contributed by atoms with E-state index < -0.39 is 0 Å². The molecule has 0 aliphatic carbocycles. The molecule has 29 heavy (non-hydrogen) atoms. The maximum Gasteiger partial charge on any atom is 0.319 e. The zero-order chi connectivity index (χ0) is 20.8. The summed E-state index contributed by atoms with van der Waals surface area (Å²) < 4.78 is 0. The summed E-state index contributed by atoms with van der Waals surface area (Å²) in [6.45, 7) is 5.15. The van der Waals surface area contributed by atoms with Gasteiger partial charge in [-0.25, -0.2) is 4.79 Å². The number of likely N-dealkylation sites (tertiary alicyclic amines) is 1. The predicted octanol–water partition coefficient (Wildman–Crippen LogP) is 3.59. The number of carbonyl (C=O) groups excluding carboxylic acids is 3. The molecule has 3 rings (SSSR count). The highest BCUT2D eigenvalue weighted by Crippen LogP contribution is 2.17. The number of nitrogens with zero attached hydrogens (tertiary/aromatic N) is 1. The van der Waals surface area contributed by atoms with Crippen LogP contribution >= 0.6 is 0 Å². The number of rotatable bonds is 6. The average molecular weight is 394 g/mol. The molecule has 152 valence electrons. The van der Waals surface area contributed by atoms with Crippen LogP contribution in [0.1, 0.15) is 42.6 Å². The molecule has 0 unspecified atom stereocenters. The molecule has 2 aromatic carbocycles. The molecule has 0 aromatic heterocycles. The third-order valence-corrected chi connectivity index (χ3v) is 4.58. The van der Waals surface area contributed by atoms with Gasteiger partial charge in [0.2, 0.25) is 5.91 Å². The molecule has 1 fully saturated rings. The first-order valence-corrected chi connectivity index (χ1v) is 9.76. The van der Waals surface area contributed by atoms with Gasteiger partial charge in [-0.15, -0.1) is 0 Å². The highest BCUT2D eigenvalue weighted by atomic mass is 16.2. The summed E-state index contributed by atoms with van der Waals surface area (Å²) in [4.78, 5) is 37.7. The van der Waals surface area contributed by atoms with Gasteiger partial charge in [-0.1, -0.05) is 12.1 Å². The molecule has 1 heterocycles. The fraction of sp³-hybridized carbons (Fsp3) is 0.318. The van der Waals surface area contributed by atoms with Crippen LogP contribution in [0.3, 0.4) is 0 Å². The van der Waals surface area contributed by atoms with E-state index >= 15 is 0 Å². The Hall–Kier alpha value is -3.35. The first-order chi connectivity index (χ1) is 13.9. The molecule has 4 amide bonds. The molecule has 0 spiro atoms. The van der Waals surface area contributed by atoms with Crippen LogP contribution in [-0.2, 0) is 11.3 Å². The van der Waals surface area contributed by atoms with E-state index in [0.717, 1.165) is 18.5 Å². The summed E-state index contributed by atoms with van der Waals surface area (Å²) in [7, 11) is 0. The number of urea groups is 1. The largest absolute Gasteiger partial charge is 0.338 e. The topological polar surface area (TPSA) is 90.5 Å². The van der Waals surface area contributed by atoms with Crippen LogP contribution in [-0.4, -0.2) is 35.3 Å². The van der Waals surface area contributed by atoms with E-state index in [9.17, 15) is 14.4 Å². The Balaban J connectivity index is 1.54. The minimum atomic E-state index is -0.271. The first-order valence-electron chi connectivity index (χ1n) is 9.76. The molecule has 1 saturated heterocycles. The second-order valence-electron chi connectivity index (χ2n) is 7.40. The second kappa shape index (κ2) is 9.23. The third kappa shape index (κ3) is 5.81. The van der Waals surface area contributed by atoms with E-state index in [1.807, 2.05) is 30.9 Å². The van der Waals surface area contributed by atoms with Crippen LogP contribution in [0.2, 0.25) is 0 Å². The van der Waals surface area contributed by atoms with Crippen LogP contribution in [0.5, 0.6) is 0 Å². The molecule has 7 nitrogen and oxygen atoms in total. The lowest BCUT2D eigenvalue weighted by molar-refractivity contribution is -0.128. The van der Waals surface area contributed by atoms with Gasteiger partial charge in [-0.05, 0) is 62.2 Å². The molecule has 1 aliphatic heterocycles. The maximum atomic E-state index is 12.5. The minimum absolute atomic E-state index is 0.0517. The minimum Gasteiger partial charge on any atom is -0.338 e. The van der Waals surface area contributed by atoms with E-state index in [2.05, 4.69) is 16.0 Å². The fourth-order valence-corrected chi connectivity index (χ4v) is 3.12. The van der Waals surface area contributed by atoms with Gasteiger partial charge in [0.25, 0.3) is 5.91 Å². The standard InChI is InChI=1S/C22H26N4O3/c1-15(2)23-22(29)25-19-11-9-18(10-12-19)24-21(28)17-7-5-16(6-8-17)14-26-13-3-4-20(26)27/h5-12,15H,3-4,13-14H2,1-2H3,(H,24,28)(H2,23,25,29). The highest BCUT2D eigenvalue weighted by molar-refractivity contribution is 6.04. The van der Waals surface area contributed by atoms with Gasteiger partial charge in [0, 0.05) is 42.5 Å². The van der Waals surface area contributed by atoms with Crippen LogP contribution in [0.25, 0.3) is 0 Å². The van der Waals surface area contributed by atoms with Crippen molar-refractivity contribution in [3.63, 3.8) is 0 Å². The van der Waals surface area contributed by atoms with Crippen molar-refractivity contribution in [1.29, 1.82) is 0 Å². The second-order valence-corrected chi connectivity index (χ2v) is 7.40. The number of carbonyl (C=O) groups is 3. The lowest BCUT2D eigenvalue weighted by Gasteiger charge is -2.15. The van der Waals surface area contributed by atoms with Crippen LogP contribution in [0.4, 0.5) is 16.2 Å². The van der Waals surface area contributed by atoms with Gasteiger partial charge in [-0.2, -0.15) is 0 Å². The van der Waals surface area contributed by atoms with Crippen molar-refractivity contribution in [2.24, 2.45) is 0 Å². The van der Waals surface area contributed by atoms with E-state index in [0.29, 0.717) is 29.9 Å². The van der Waals surface area contributed by atoms with Gasteiger partial charge in [0.1, 0.15) is 0 Å². The van der Waals surface area contributed by atoms with Crippen molar-refractivity contribution < 1.29 is 14.4 Å². The highest BCUT2D eigenvalue weighted by Gasteiger charge is 2.20. The zero-order valence-corrected chi connectivity index (χ0v) is 16.7. The van der Waals surface area contributed by atoms with E-state index in [1.165, 1.54) is 0 Å². The summed E-state index contributed by atoms with van der Waals surface area (Å²) in [5, 5.41) is 8.32. The Kier molecular flexibility index (Phi) is 6.49. The molecule has 0 saturated carbocycles. The fourth-order valence-electron chi connectivity index (χ4n) is 3.12. The Morgan fingerprint density at radius 1 is 0.966 bits per heavy atom. The normalized spacial score (nSPS) is 13.5. The number of hydrogen-bond acceptors (Lipinski definition) is 3. The summed E-state index contributed by atoms with van der Waals surface area (Å²) in [6.07, 6.45) is 1.53. The van der Waals surface area contributed by atoms with Crippen LogP contribution < -0.4 is 16.0 Å². The van der Waals surface area contributed by atoms with Gasteiger partial charge in [0.15, 0.2) is 0 Å². The molecule has 0 radical (unpaired) electrons. The van der Waals surface area contributed by atoms with E-state index in [-0.39, 0.29) is 23.9 Å². The van der Waals surface area contributed by atoms with Crippen molar-refractivity contribution in [1.82, 2.24) is 10.2 Å². The Labute approximate surface area is 170 Å². The molecule has 0 bridgehead atoms. The summed E-state index contributed by atoms with van der Waals surface area (Å²) in [6, 6.07) is 14.0. The van der Waals surface area contributed by atoms with Gasteiger partial charge < -0.3 is 20.9 Å². The number of nitrogens with one attached hydrogen (secondary N) is 3. The SMILES string of the molecule is CC(C)NC(=O)Nc1ccc(NC(=O)c2ccc(CN3CCCC3=O)cc2)cc1. The van der Waals surface area contributed by atoms with Crippen molar-refractivity contribution in [3.05, 3.63) is 59.7 Å². The van der Waals surface area contributed by atoms with Gasteiger partial charge in [0.05, 0.1) is 0 Å². The molecular weight excluding hydrogens is 368 g/mol. The molecule has 3 N–H and O–H groups in total. The molecule has 2 aromatic rings. The van der Waals surface area contributed by atoms with Crippen molar-refractivity contribution in [3.8, 4) is 0 Å². The monoisotopic (exact) mass is 394 g/mol. The number of amides is 4. The first kappa shape index (κ1) is 20.4. The zero-order valence-electron chi connectivity index (χ0n) is 16.7. The maximum absolute atomic E-state index is 12.5. The van der Waals surface area contributed by atoms with E-state index in [4.69, 9.17) is 0 Å². The van der Waals surface area contributed by atoms with Crippen molar-refractivity contribution in [2.45, 2.75) is 39.3 Å². The van der Waals surface area contributed by atoms with Gasteiger partial charge >= 0.3 is 6.03 Å². The number of benzene rings is 2. The lowest BCUT2D eigenvalue weighted by Crippen LogP contribution is -2.34. The third-order valence-electron chi connectivity index (χ3n) is 4.58. The molecule has 0 atom stereocenters. The smallest absolute Gasteiger partial charge is 0.319 e. The average Bonchev–Trinajstić information content (AvgIpc) is 3.08. The number of anilines is 2. The van der Waals surface area contributed by atoms with Crippen LogP contribution in [0, 0.1) is 0 Å². The van der Waals surface area contributed by atoms with Crippen LogP contribution in [0.15, 0.2) is 48.5 Å². The molecule has 7 heteroatoms. The Bertz CT molecular complexity index is 876. The Morgan fingerprint density at radius 3 is 2.14 bits per heavy atom. The molecule has 1 aliphatic rings. The van der Waals surface area contributed by atoms with E-state index in [1.54, 1.807) is 36.4 Å². The lowest BCUT2D eigenvalue weighted by atomic mass is 10.1. The summed E-state index contributed by atoms with van der Waals surface area (Å²) in [5.41, 5.74) is 2.82. The number of hydrogen-bond donors (Lipinski definition) is 3. The van der Waals surface area contributed by atoms with Crippen molar-refractivity contribution >= 4 is 29.2 Å². The quantitative estimate of drug-likeness (QED) is 0.699. The van der Waals surface area contributed by atoms with Gasteiger partial charge in [-0.3, -0.25) is 9.59 Å². The summed E-state index contributed by atoms with van der Waals surface area (Å²) in [5.74, 6) is -0.0292. The van der Waals surface area contributed by atoms with Crippen molar-refractivity contribution in [2.75, 3.05) is 17.2 Å². The Morgan fingerprint density at radius 2 is 1.59 bits per heavy atom. The summed E-state index contributed by atoms with van der Waals surface area (Å²) >= 11 is 0.